The highest BCUT2D eigenvalue weighted by Crippen LogP contribution is 2.26. The molecule has 0 saturated carbocycles. The lowest BCUT2D eigenvalue weighted by molar-refractivity contribution is 0.0330. The number of nitrogens with zero attached hydrogens (tertiary/aromatic N) is 4. The standard InChI is InChI=1S/C17H20N4OS/c18-7-3-4-12-23-17-14-5-1-2-6-15(14)19-16(20-17)13-21-8-10-22-11-9-21/h1-2,5-6H,3-4,8-13H2. The van der Waals surface area contributed by atoms with Crippen LogP contribution >= 0.6 is 11.8 Å². The molecule has 23 heavy (non-hydrogen) atoms. The predicted molar refractivity (Wildman–Crippen MR) is 91.2 cm³/mol. The molecule has 1 saturated heterocycles. The Balaban J connectivity index is 1.79. The fourth-order valence-corrected chi connectivity index (χ4v) is 3.53. The molecular formula is C17H20N4OS. The fourth-order valence-electron chi connectivity index (χ4n) is 2.55. The van der Waals surface area contributed by atoms with E-state index in [1.165, 1.54) is 0 Å². The zero-order chi connectivity index (χ0) is 15.9. The molecule has 1 aliphatic heterocycles. The van der Waals surface area contributed by atoms with Crippen molar-refractivity contribution in [2.45, 2.75) is 24.4 Å². The van der Waals surface area contributed by atoms with Crippen molar-refractivity contribution in [3.8, 4) is 6.07 Å². The van der Waals surface area contributed by atoms with Crippen LogP contribution in [0.25, 0.3) is 10.9 Å². The van der Waals surface area contributed by atoms with Crippen LogP contribution in [-0.4, -0.2) is 46.9 Å². The van der Waals surface area contributed by atoms with Crippen molar-refractivity contribution in [1.82, 2.24) is 14.9 Å². The number of aromatic nitrogens is 2. The number of fused-ring (bicyclic) bond motifs is 1. The van der Waals surface area contributed by atoms with Gasteiger partial charge in [-0.05, 0) is 12.5 Å². The maximum absolute atomic E-state index is 8.66. The van der Waals surface area contributed by atoms with Crippen LogP contribution in [0.1, 0.15) is 18.7 Å². The molecule has 0 bridgehead atoms. The molecule has 1 aliphatic rings. The van der Waals surface area contributed by atoms with Crippen molar-refractivity contribution in [3.05, 3.63) is 30.1 Å². The monoisotopic (exact) mass is 328 g/mol. The van der Waals surface area contributed by atoms with Crippen molar-refractivity contribution in [3.63, 3.8) is 0 Å². The minimum atomic E-state index is 0.594. The van der Waals surface area contributed by atoms with Crippen molar-refractivity contribution in [2.75, 3.05) is 32.1 Å². The Labute approximate surface area is 140 Å². The third-order valence-electron chi connectivity index (χ3n) is 3.76. The highest BCUT2D eigenvalue weighted by Gasteiger charge is 2.14. The van der Waals surface area contributed by atoms with Crippen LogP contribution in [-0.2, 0) is 11.3 Å². The van der Waals surface area contributed by atoms with E-state index in [0.717, 1.165) is 66.8 Å². The van der Waals surface area contributed by atoms with E-state index < -0.39 is 0 Å². The number of morpholine rings is 1. The van der Waals surface area contributed by atoms with Gasteiger partial charge in [0.1, 0.15) is 10.9 Å². The van der Waals surface area contributed by atoms with Crippen LogP contribution in [0.4, 0.5) is 0 Å². The third-order valence-corrected chi connectivity index (χ3v) is 4.83. The van der Waals surface area contributed by atoms with E-state index in [1.807, 2.05) is 18.2 Å². The van der Waals surface area contributed by atoms with Gasteiger partial charge < -0.3 is 4.74 Å². The second-order valence-electron chi connectivity index (χ2n) is 5.46. The topological polar surface area (TPSA) is 62.0 Å². The van der Waals surface area contributed by atoms with E-state index in [-0.39, 0.29) is 0 Å². The second kappa shape index (κ2) is 8.25. The van der Waals surface area contributed by atoms with E-state index in [2.05, 4.69) is 17.0 Å². The average Bonchev–Trinajstić information content (AvgIpc) is 2.59. The largest absolute Gasteiger partial charge is 0.379 e. The molecule has 2 aromatic rings. The number of benzene rings is 1. The zero-order valence-electron chi connectivity index (χ0n) is 13.1. The summed E-state index contributed by atoms with van der Waals surface area (Å²) in [5, 5.41) is 10.8. The van der Waals surface area contributed by atoms with Gasteiger partial charge in [-0.2, -0.15) is 5.26 Å². The molecule has 1 aromatic carbocycles. The van der Waals surface area contributed by atoms with E-state index in [9.17, 15) is 0 Å². The van der Waals surface area contributed by atoms with Crippen LogP contribution in [0.15, 0.2) is 29.3 Å². The van der Waals surface area contributed by atoms with E-state index in [4.69, 9.17) is 20.0 Å². The minimum Gasteiger partial charge on any atom is -0.379 e. The number of rotatable bonds is 6. The molecule has 6 heteroatoms. The number of hydrogen-bond acceptors (Lipinski definition) is 6. The lowest BCUT2D eigenvalue weighted by Gasteiger charge is -2.25. The number of nitriles is 1. The van der Waals surface area contributed by atoms with Gasteiger partial charge in [-0.25, -0.2) is 9.97 Å². The van der Waals surface area contributed by atoms with Crippen molar-refractivity contribution in [1.29, 1.82) is 5.26 Å². The molecule has 0 N–H and O–H groups in total. The Morgan fingerprint density at radius 1 is 1.22 bits per heavy atom. The summed E-state index contributed by atoms with van der Waals surface area (Å²) in [5.41, 5.74) is 0.994. The van der Waals surface area contributed by atoms with Gasteiger partial charge in [0.2, 0.25) is 0 Å². The quantitative estimate of drug-likeness (QED) is 0.462. The molecule has 0 spiro atoms. The summed E-state index contributed by atoms with van der Waals surface area (Å²) in [6.07, 6.45) is 1.48. The third kappa shape index (κ3) is 4.41. The summed E-state index contributed by atoms with van der Waals surface area (Å²) in [7, 11) is 0. The molecular weight excluding hydrogens is 308 g/mol. The summed E-state index contributed by atoms with van der Waals surface area (Å²) in [6.45, 7) is 4.19. The SMILES string of the molecule is N#CCCCSc1nc(CN2CCOCC2)nc2ccccc12. The molecule has 0 aliphatic carbocycles. The number of para-hydroxylation sites is 1. The molecule has 3 rings (SSSR count). The van der Waals surface area contributed by atoms with Crippen LogP contribution in [0.3, 0.4) is 0 Å². The summed E-state index contributed by atoms with van der Waals surface area (Å²) in [6, 6.07) is 10.3. The van der Waals surface area contributed by atoms with Crippen LogP contribution in [0.5, 0.6) is 0 Å². The Morgan fingerprint density at radius 2 is 2.04 bits per heavy atom. The number of ether oxygens (including phenoxy) is 1. The predicted octanol–water partition coefficient (Wildman–Crippen LogP) is 2.86. The summed E-state index contributed by atoms with van der Waals surface area (Å²) in [5.74, 6) is 1.78. The van der Waals surface area contributed by atoms with Gasteiger partial charge in [0.15, 0.2) is 0 Å². The normalized spacial score (nSPS) is 15.6. The molecule has 1 aromatic heterocycles. The Hall–Kier alpha value is -1.68. The molecule has 0 atom stereocenters. The maximum atomic E-state index is 8.66. The van der Waals surface area contributed by atoms with Crippen LogP contribution < -0.4 is 0 Å². The zero-order valence-corrected chi connectivity index (χ0v) is 13.9. The van der Waals surface area contributed by atoms with Gasteiger partial charge in [-0.1, -0.05) is 18.2 Å². The highest BCUT2D eigenvalue weighted by molar-refractivity contribution is 7.99. The number of unbranched alkanes of at least 4 members (excludes halogenated alkanes) is 1. The molecule has 5 nitrogen and oxygen atoms in total. The van der Waals surface area contributed by atoms with Gasteiger partial charge in [0.05, 0.1) is 31.3 Å². The molecule has 0 radical (unpaired) electrons. The van der Waals surface area contributed by atoms with Gasteiger partial charge in [-0.3, -0.25) is 4.90 Å². The van der Waals surface area contributed by atoms with Crippen molar-refractivity contribution in [2.24, 2.45) is 0 Å². The average molecular weight is 328 g/mol. The van der Waals surface area contributed by atoms with Crippen LogP contribution in [0, 0.1) is 11.3 Å². The Kier molecular flexibility index (Phi) is 5.81. The Bertz CT molecular complexity index is 695. The van der Waals surface area contributed by atoms with Gasteiger partial charge in [0.25, 0.3) is 0 Å². The number of hydrogen-bond donors (Lipinski definition) is 0. The minimum absolute atomic E-state index is 0.594. The first-order valence-corrected chi connectivity index (χ1v) is 8.91. The van der Waals surface area contributed by atoms with E-state index in [0.29, 0.717) is 6.42 Å². The van der Waals surface area contributed by atoms with E-state index in [1.54, 1.807) is 11.8 Å². The van der Waals surface area contributed by atoms with Crippen molar-refractivity contribution >= 4 is 22.7 Å². The summed E-state index contributed by atoms with van der Waals surface area (Å²) < 4.78 is 5.39. The Morgan fingerprint density at radius 3 is 2.87 bits per heavy atom. The molecule has 1 fully saturated rings. The summed E-state index contributed by atoms with van der Waals surface area (Å²) in [4.78, 5) is 11.8. The van der Waals surface area contributed by atoms with Gasteiger partial charge >= 0.3 is 0 Å². The maximum Gasteiger partial charge on any atom is 0.144 e. The molecule has 0 unspecified atom stereocenters. The lowest BCUT2D eigenvalue weighted by atomic mass is 10.2. The van der Waals surface area contributed by atoms with Gasteiger partial charge in [-0.15, -0.1) is 11.8 Å². The molecule has 120 valence electrons. The first-order valence-electron chi connectivity index (χ1n) is 7.92. The van der Waals surface area contributed by atoms with E-state index >= 15 is 0 Å². The molecule has 2 heterocycles. The smallest absolute Gasteiger partial charge is 0.144 e. The molecule has 0 amide bonds. The number of thioether (sulfide) groups is 1. The first-order chi connectivity index (χ1) is 11.4. The highest BCUT2D eigenvalue weighted by atomic mass is 32.2. The fraction of sp³-hybridized carbons (Fsp3) is 0.471. The second-order valence-corrected chi connectivity index (χ2v) is 6.54. The van der Waals surface area contributed by atoms with Gasteiger partial charge in [0, 0.05) is 30.6 Å². The van der Waals surface area contributed by atoms with Crippen LogP contribution in [0.2, 0.25) is 0 Å². The lowest BCUT2D eigenvalue weighted by Crippen LogP contribution is -2.36. The summed E-state index contributed by atoms with van der Waals surface area (Å²) >= 11 is 1.72. The first kappa shape index (κ1) is 16.2. The van der Waals surface area contributed by atoms with Crippen molar-refractivity contribution < 1.29 is 4.74 Å².